The van der Waals surface area contributed by atoms with Crippen LogP contribution in [0.15, 0.2) is 66.8 Å². The molecular formula is C31H34N2O6. The molecule has 4 aliphatic rings. The predicted octanol–water partition coefficient (Wildman–Crippen LogP) is 3.38. The van der Waals surface area contributed by atoms with Crippen molar-refractivity contribution < 1.29 is 29.0 Å². The number of esters is 1. The molecule has 4 heterocycles. The molecule has 1 N–H and O–H groups in total. The summed E-state index contributed by atoms with van der Waals surface area (Å²) in [7, 11) is 0. The van der Waals surface area contributed by atoms with Crippen molar-refractivity contribution in [2.24, 2.45) is 11.8 Å². The maximum Gasteiger partial charge on any atom is 0.313 e. The molecule has 0 aliphatic carbocycles. The zero-order valence-corrected chi connectivity index (χ0v) is 22.3. The first kappa shape index (κ1) is 25.8. The van der Waals surface area contributed by atoms with E-state index < -0.39 is 41.1 Å². The lowest BCUT2D eigenvalue weighted by molar-refractivity contribution is -0.161. The van der Waals surface area contributed by atoms with Crippen molar-refractivity contribution in [1.29, 1.82) is 0 Å². The standard InChI is InChI=1S/C31H34N2O6/c1-3-22(19-34)33-26-28(36)32(23-13-12-20-10-5-6-11-21(20)18-23)16-9-15-31(26)24(27(33)35)25-29(37)38-17-8-7-14-30(25,4-2)39-31/h5-7,9-15,18,22,24-26,34H,3-4,8,16-17,19H2,1-2H3/t22-,24-,25-,26?,30+,31-/m0/s1. The summed E-state index contributed by atoms with van der Waals surface area (Å²) < 4.78 is 12.5. The summed E-state index contributed by atoms with van der Waals surface area (Å²) in [5, 5.41) is 12.4. The van der Waals surface area contributed by atoms with Crippen LogP contribution in [0.3, 0.4) is 0 Å². The molecular weight excluding hydrogens is 496 g/mol. The number of ether oxygens (including phenoxy) is 2. The number of anilines is 1. The number of amides is 2. The van der Waals surface area contributed by atoms with Crippen molar-refractivity contribution in [1.82, 2.24) is 4.90 Å². The van der Waals surface area contributed by atoms with Crippen LogP contribution in [-0.2, 0) is 23.9 Å². The minimum absolute atomic E-state index is 0.228. The molecule has 6 rings (SSSR count). The summed E-state index contributed by atoms with van der Waals surface area (Å²) in [4.78, 5) is 45.6. The molecule has 8 nitrogen and oxygen atoms in total. The molecule has 0 bridgehead atoms. The van der Waals surface area contributed by atoms with E-state index in [1.165, 1.54) is 4.90 Å². The van der Waals surface area contributed by atoms with E-state index in [0.29, 0.717) is 24.9 Å². The highest BCUT2D eigenvalue weighted by molar-refractivity contribution is 6.06. The monoisotopic (exact) mass is 530 g/mol. The van der Waals surface area contributed by atoms with Gasteiger partial charge in [-0.15, -0.1) is 0 Å². The van der Waals surface area contributed by atoms with Crippen LogP contribution < -0.4 is 4.90 Å². The highest BCUT2D eigenvalue weighted by atomic mass is 16.6. The summed E-state index contributed by atoms with van der Waals surface area (Å²) in [6.07, 6.45) is 8.97. The van der Waals surface area contributed by atoms with Crippen molar-refractivity contribution in [3.05, 3.63) is 66.8 Å². The molecule has 2 amide bonds. The number of aliphatic hydroxyl groups excluding tert-OH is 1. The van der Waals surface area contributed by atoms with Gasteiger partial charge in [0.15, 0.2) is 0 Å². The fourth-order valence-electron chi connectivity index (χ4n) is 7.05. The first-order valence-electron chi connectivity index (χ1n) is 13.9. The second kappa shape index (κ2) is 9.61. The topological polar surface area (TPSA) is 96.4 Å². The molecule has 204 valence electrons. The van der Waals surface area contributed by atoms with Gasteiger partial charge in [-0.3, -0.25) is 14.4 Å². The van der Waals surface area contributed by atoms with Crippen molar-refractivity contribution in [2.45, 2.75) is 56.4 Å². The maximum absolute atomic E-state index is 14.6. The second-order valence-corrected chi connectivity index (χ2v) is 10.9. The number of fused-ring (bicyclic) bond motifs is 3. The number of hydrogen-bond acceptors (Lipinski definition) is 6. The van der Waals surface area contributed by atoms with Gasteiger partial charge in [0, 0.05) is 12.2 Å². The molecule has 1 unspecified atom stereocenters. The van der Waals surface area contributed by atoms with Gasteiger partial charge in [0.1, 0.15) is 23.2 Å². The van der Waals surface area contributed by atoms with Crippen LogP contribution in [0.2, 0.25) is 0 Å². The summed E-state index contributed by atoms with van der Waals surface area (Å²) in [5.74, 6) is -2.98. The van der Waals surface area contributed by atoms with Gasteiger partial charge in [0.2, 0.25) is 5.91 Å². The van der Waals surface area contributed by atoms with Gasteiger partial charge in [-0.05, 0) is 42.2 Å². The van der Waals surface area contributed by atoms with Crippen LogP contribution >= 0.6 is 0 Å². The average Bonchev–Trinajstić information content (AvgIpc) is 3.29. The van der Waals surface area contributed by atoms with E-state index in [0.717, 1.165) is 10.8 Å². The van der Waals surface area contributed by atoms with Gasteiger partial charge in [0.25, 0.3) is 5.91 Å². The molecule has 2 aromatic carbocycles. The normalized spacial score (nSPS) is 32.8. The molecule has 2 fully saturated rings. The molecule has 2 aromatic rings. The number of hydrogen-bond donors (Lipinski definition) is 1. The quantitative estimate of drug-likeness (QED) is 0.470. The van der Waals surface area contributed by atoms with Gasteiger partial charge in [-0.25, -0.2) is 0 Å². The first-order chi connectivity index (χ1) is 18.9. The van der Waals surface area contributed by atoms with E-state index in [1.54, 1.807) is 4.90 Å². The van der Waals surface area contributed by atoms with Gasteiger partial charge < -0.3 is 24.4 Å². The lowest BCUT2D eigenvalue weighted by Gasteiger charge is -2.40. The number of carbonyl (C=O) groups excluding carboxylic acids is 3. The van der Waals surface area contributed by atoms with E-state index in [-0.39, 0.29) is 31.6 Å². The van der Waals surface area contributed by atoms with Crippen LogP contribution in [0.1, 0.15) is 33.1 Å². The Balaban J connectivity index is 1.52. The van der Waals surface area contributed by atoms with Gasteiger partial charge in [0.05, 0.1) is 25.2 Å². The summed E-state index contributed by atoms with van der Waals surface area (Å²) in [5.41, 5.74) is -1.75. The molecule has 6 atom stereocenters. The van der Waals surface area contributed by atoms with Crippen LogP contribution in [0, 0.1) is 11.8 Å². The van der Waals surface area contributed by atoms with Gasteiger partial charge >= 0.3 is 5.97 Å². The Morgan fingerprint density at radius 2 is 1.79 bits per heavy atom. The Kier molecular flexibility index (Phi) is 6.35. The number of aliphatic hydroxyl groups is 1. The third kappa shape index (κ3) is 3.68. The van der Waals surface area contributed by atoms with Crippen LogP contribution in [-0.4, -0.2) is 70.8 Å². The number of cyclic esters (lactones) is 1. The summed E-state index contributed by atoms with van der Waals surface area (Å²) >= 11 is 0. The largest absolute Gasteiger partial charge is 0.465 e. The van der Waals surface area contributed by atoms with Crippen molar-refractivity contribution in [2.75, 3.05) is 24.7 Å². The Hall–Kier alpha value is -3.49. The number of benzene rings is 2. The van der Waals surface area contributed by atoms with E-state index in [4.69, 9.17) is 9.47 Å². The van der Waals surface area contributed by atoms with Gasteiger partial charge in [-0.1, -0.05) is 68.5 Å². The zero-order chi connectivity index (χ0) is 27.4. The highest BCUT2D eigenvalue weighted by Crippen LogP contribution is 2.58. The molecule has 0 radical (unpaired) electrons. The average molecular weight is 531 g/mol. The van der Waals surface area contributed by atoms with Crippen molar-refractivity contribution in [3.63, 3.8) is 0 Å². The van der Waals surface area contributed by atoms with Gasteiger partial charge in [-0.2, -0.15) is 0 Å². The molecule has 8 heteroatoms. The smallest absolute Gasteiger partial charge is 0.313 e. The Bertz CT molecular complexity index is 1380. The number of carbonyl (C=O) groups is 3. The highest BCUT2D eigenvalue weighted by Gasteiger charge is 2.75. The zero-order valence-electron chi connectivity index (χ0n) is 22.3. The third-order valence-electron chi connectivity index (χ3n) is 8.96. The van der Waals surface area contributed by atoms with E-state index in [9.17, 15) is 19.5 Å². The lowest BCUT2D eigenvalue weighted by Crippen LogP contribution is -2.59. The molecule has 39 heavy (non-hydrogen) atoms. The van der Waals surface area contributed by atoms with Crippen molar-refractivity contribution >= 4 is 34.2 Å². The number of likely N-dealkylation sites (tertiary alicyclic amines) is 1. The fourth-order valence-corrected chi connectivity index (χ4v) is 7.05. The number of rotatable bonds is 5. The first-order valence-corrected chi connectivity index (χ1v) is 13.9. The van der Waals surface area contributed by atoms with E-state index >= 15 is 0 Å². The predicted molar refractivity (Wildman–Crippen MR) is 146 cm³/mol. The molecule has 2 saturated heterocycles. The Morgan fingerprint density at radius 3 is 2.54 bits per heavy atom. The lowest BCUT2D eigenvalue weighted by atomic mass is 9.73. The van der Waals surface area contributed by atoms with Crippen LogP contribution in [0.25, 0.3) is 10.8 Å². The fraction of sp³-hybridized carbons (Fsp3) is 0.452. The maximum atomic E-state index is 14.6. The number of nitrogens with zero attached hydrogens (tertiary/aromatic N) is 2. The van der Waals surface area contributed by atoms with E-state index in [1.807, 2.05) is 80.6 Å². The van der Waals surface area contributed by atoms with Crippen molar-refractivity contribution in [3.8, 4) is 0 Å². The second-order valence-electron chi connectivity index (χ2n) is 10.9. The van der Waals surface area contributed by atoms with E-state index in [2.05, 4.69) is 0 Å². The summed E-state index contributed by atoms with van der Waals surface area (Å²) in [6, 6.07) is 12.2. The SMILES string of the molecule is CC[C@@H](CO)N1C(=O)[C@@H]2[C@H]3C(=O)OCCC=C[C@@]3(CC)O[C@@]23C=CCN(c2ccc4ccccc4c2)C(=O)C13. The summed E-state index contributed by atoms with van der Waals surface area (Å²) in [6.45, 7) is 4.01. The third-order valence-corrected chi connectivity index (χ3v) is 8.96. The molecule has 0 aromatic heterocycles. The Morgan fingerprint density at radius 1 is 1.00 bits per heavy atom. The molecule has 4 aliphatic heterocycles. The minimum atomic E-state index is -1.38. The van der Waals surface area contributed by atoms with Crippen LogP contribution in [0.5, 0.6) is 0 Å². The minimum Gasteiger partial charge on any atom is -0.465 e. The molecule has 0 saturated carbocycles. The van der Waals surface area contributed by atoms with Crippen LogP contribution in [0.4, 0.5) is 5.69 Å². The molecule has 1 spiro atoms. The Labute approximate surface area is 227 Å².